The van der Waals surface area contributed by atoms with Crippen molar-refractivity contribution in [3.63, 3.8) is 0 Å². The summed E-state index contributed by atoms with van der Waals surface area (Å²) in [5.74, 6) is -0.169. The maximum atomic E-state index is 14.1. The maximum absolute atomic E-state index is 14.1. The molecule has 3 rings (SSSR count). The number of amides is 1. The second kappa shape index (κ2) is 5.76. The van der Waals surface area contributed by atoms with Gasteiger partial charge >= 0.3 is 0 Å². The van der Waals surface area contributed by atoms with Crippen molar-refractivity contribution >= 4 is 5.91 Å². The lowest BCUT2D eigenvalue weighted by Gasteiger charge is -2.38. The number of morpholine rings is 1. The lowest BCUT2D eigenvalue weighted by molar-refractivity contribution is -0.143. The number of halogens is 1. The first-order valence-electron chi connectivity index (χ1n) is 7.83. The van der Waals surface area contributed by atoms with Crippen LogP contribution >= 0.6 is 0 Å². The van der Waals surface area contributed by atoms with E-state index < -0.39 is 5.41 Å². The van der Waals surface area contributed by atoms with Crippen molar-refractivity contribution in [2.75, 3.05) is 19.8 Å². The minimum atomic E-state index is -0.616. The summed E-state index contributed by atoms with van der Waals surface area (Å²) in [5.41, 5.74) is -0.0500. The molecule has 0 unspecified atom stereocenters. The van der Waals surface area contributed by atoms with E-state index in [2.05, 4.69) is 6.92 Å². The second-order valence-electron chi connectivity index (χ2n) is 6.08. The third-order valence-corrected chi connectivity index (χ3v) is 4.66. The van der Waals surface area contributed by atoms with Gasteiger partial charge < -0.3 is 9.64 Å². The Morgan fingerprint density at radius 1 is 1.43 bits per heavy atom. The molecular formula is C17H22FNO2. The zero-order valence-corrected chi connectivity index (χ0v) is 12.5. The van der Waals surface area contributed by atoms with Crippen LogP contribution in [0, 0.1) is 5.82 Å². The van der Waals surface area contributed by atoms with Gasteiger partial charge in [-0.15, -0.1) is 0 Å². The molecule has 1 aliphatic carbocycles. The summed E-state index contributed by atoms with van der Waals surface area (Å²) in [6.07, 6.45) is 3.47. The van der Waals surface area contributed by atoms with Crippen molar-refractivity contribution < 1.29 is 13.9 Å². The number of rotatable bonds is 4. The Hall–Kier alpha value is -1.42. The van der Waals surface area contributed by atoms with E-state index in [1.165, 1.54) is 6.07 Å². The fourth-order valence-corrected chi connectivity index (χ4v) is 3.34. The Bertz CT molecular complexity index is 525. The highest BCUT2D eigenvalue weighted by Gasteiger charge is 2.55. The van der Waals surface area contributed by atoms with Gasteiger partial charge in [0, 0.05) is 12.1 Å². The van der Waals surface area contributed by atoms with Crippen molar-refractivity contribution in [3.8, 4) is 0 Å². The average molecular weight is 291 g/mol. The monoisotopic (exact) mass is 291 g/mol. The minimum absolute atomic E-state index is 0.0920. The highest BCUT2D eigenvalue weighted by atomic mass is 19.1. The van der Waals surface area contributed by atoms with Gasteiger partial charge in [0.15, 0.2) is 0 Å². The van der Waals surface area contributed by atoms with E-state index >= 15 is 0 Å². The predicted octanol–water partition coefficient (Wildman–Crippen LogP) is 2.88. The molecule has 1 atom stereocenters. The molecule has 1 aromatic rings. The van der Waals surface area contributed by atoms with Gasteiger partial charge in [-0.2, -0.15) is 0 Å². The van der Waals surface area contributed by atoms with E-state index in [0.29, 0.717) is 25.3 Å². The average Bonchev–Trinajstić information content (AvgIpc) is 3.29. The van der Waals surface area contributed by atoms with Crippen LogP contribution in [0.15, 0.2) is 24.3 Å². The highest BCUT2D eigenvalue weighted by molar-refractivity contribution is 5.91. The number of nitrogens with zero attached hydrogens (tertiary/aromatic N) is 1. The Balaban J connectivity index is 1.85. The van der Waals surface area contributed by atoms with Crippen molar-refractivity contribution in [1.29, 1.82) is 0 Å². The van der Waals surface area contributed by atoms with Crippen LogP contribution in [0.4, 0.5) is 4.39 Å². The van der Waals surface area contributed by atoms with E-state index in [0.717, 1.165) is 25.7 Å². The quantitative estimate of drug-likeness (QED) is 0.853. The zero-order chi connectivity index (χ0) is 14.9. The molecule has 0 N–H and O–H groups in total. The molecule has 0 aromatic heterocycles. The number of hydrogen-bond donors (Lipinski definition) is 0. The van der Waals surface area contributed by atoms with E-state index in [9.17, 15) is 9.18 Å². The summed E-state index contributed by atoms with van der Waals surface area (Å²) in [5, 5.41) is 0. The fraction of sp³-hybridized carbons (Fsp3) is 0.588. The lowest BCUT2D eigenvalue weighted by Crippen LogP contribution is -2.52. The number of benzene rings is 1. The number of ether oxygens (including phenoxy) is 1. The van der Waals surface area contributed by atoms with Crippen LogP contribution in [-0.2, 0) is 14.9 Å². The summed E-state index contributed by atoms with van der Waals surface area (Å²) in [7, 11) is 0. The lowest BCUT2D eigenvalue weighted by atomic mass is 9.92. The first-order valence-corrected chi connectivity index (χ1v) is 7.83. The second-order valence-corrected chi connectivity index (χ2v) is 6.08. The van der Waals surface area contributed by atoms with Crippen molar-refractivity contribution in [3.05, 3.63) is 35.6 Å². The molecule has 1 aliphatic heterocycles. The SMILES string of the molecule is CCC[C@H]1COCCN1C(=O)C1(c2ccccc2F)CC1. The van der Waals surface area contributed by atoms with Gasteiger partial charge in [0.1, 0.15) is 5.82 Å². The summed E-state index contributed by atoms with van der Waals surface area (Å²) >= 11 is 0. The van der Waals surface area contributed by atoms with E-state index in [1.807, 2.05) is 11.0 Å². The van der Waals surface area contributed by atoms with Crippen LogP contribution in [0.5, 0.6) is 0 Å². The Morgan fingerprint density at radius 2 is 2.19 bits per heavy atom. The fourth-order valence-electron chi connectivity index (χ4n) is 3.34. The molecule has 2 fully saturated rings. The highest BCUT2D eigenvalue weighted by Crippen LogP contribution is 2.50. The molecule has 0 bridgehead atoms. The van der Waals surface area contributed by atoms with Gasteiger partial charge in [0.25, 0.3) is 0 Å². The van der Waals surface area contributed by atoms with Crippen LogP contribution < -0.4 is 0 Å². The first-order chi connectivity index (χ1) is 10.2. The molecule has 1 saturated heterocycles. The van der Waals surface area contributed by atoms with E-state index in [4.69, 9.17) is 4.74 Å². The van der Waals surface area contributed by atoms with Crippen LogP contribution in [0.3, 0.4) is 0 Å². The van der Waals surface area contributed by atoms with E-state index in [1.54, 1.807) is 12.1 Å². The first kappa shape index (κ1) is 14.5. The smallest absolute Gasteiger partial charge is 0.233 e. The van der Waals surface area contributed by atoms with Crippen molar-refractivity contribution in [2.45, 2.75) is 44.1 Å². The largest absolute Gasteiger partial charge is 0.377 e. The summed E-state index contributed by atoms with van der Waals surface area (Å²) in [6.45, 7) is 3.92. The third-order valence-electron chi connectivity index (χ3n) is 4.66. The Labute approximate surface area is 125 Å². The maximum Gasteiger partial charge on any atom is 0.233 e. The number of carbonyl (C=O) groups excluding carboxylic acids is 1. The minimum Gasteiger partial charge on any atom is -0.377 e. The molecule has 4 heteroatoms. The number of hydrogen-bond acceptors (Lipinski definition) is 2. The Kier molecular flexibility index (Phi) is 3.98. The molecule has 1 amide bonds. The third kappa shape index (κ3) is 2.57. The normalized spacial score (nSPS) is 23.9. The zero-order valence-electron chi connectivity index (χ0n) is 12.5. The molecule has 1 aromatic carbocycles. The van der Waals surface area contributed by atoms with E-state index in [-0.39, 0.29) is 17.8 Å². The molecule has 21 heavy (non-hydrogen) atoms. The molecule has 1 saturated carbocycles. The molecule has 2 aliphatic rings. The van der Waals surface area contributed by atoms with Crippen LogP contribution in [0.25, 0.3) is 0 Å². The van der Waals surface area contributed by atoms with Gasteiger partial charge in [-0.05, 0) is 25.3 Å². The predicted molar refractivity (Wildman–Crippen MR) is 78.5 cm³/mol. The van der Waals surface area contributed by atoms with Crippen molar-refractivity contribution in [1.82, 2.24) is 4.90 Å². The Morgan fingerprint density at radius 3 is 2.86 bits per heavy atom. The summed E-state index contributed by atoms with van der Waals surface area (Å²) in [6, 6.07) is 6.84. The molecule has 3 nitrogen and oxygen atoms in total. The molecule has 1 heterocycles. The molecule has 114 valence electrons. The van der Waals surface area contributed by atoms with Gasteiger partial charge in [0.2, 0.25) is 5.91 Å². The molecule has 0 spiro atoms. The summed E-state index contributed by atoms with van der Waals surface area (Å²) < 4.78 is 19.6. The summed E-state index contributed by atoms with van der Waals surface area (Å²) in [4.78, 5) is 15.0. The topological polar surface area (TPSA) is 29.5 Å². The van der Waals surface area contributed by atoms with Crippen molar-refractivity contribution in [2.24, 2.45) is 0 Å². The van der Waals surface area contributed by atoms with Gasteiger partial charge in [-0.25, -0.2) is 4.39 Å². The standard InChI is InChI=1S/C17H22FNO2/c1-2-5-13-12-21-11-10-19(13)16(20)17(8-9-17)14-6-3-4-7-15(14)18/h3-4,6-7,13H,2,5,8-12H2,1H3/t13-/m0/s1. The van der Waals surface area contributed by atoms with Crippen LogP contribution in [0.1, 0.15) is 38.2 Å². The van der Waals surface area contributed by atoms with Crippen LogP contribution in [0.2, 0.25) is 0 Å². The molecule has 0 radical (unpaired) electrons. The van der Waals surface area contributed by atoms with Gasteiger partial charge in [-0.3, -0.25) is 4.79 Å². The van der Waals surface area contributed by atoms with Crippen LogP contribution in [-0.4, -0.2) is 36.6 Å². The van der Waals surface area contributed by atoms with Gasteiger partial charge in [-0.1, -0.05) is 31.5 Å². The van der Waals surface area contributed by atoms with Gasteiger partial charge in [0.05, 0.1) is 24.7 Å². The molecular weight excluding hydrogens is 269 g/mol. The number of carbonyl (C=O) groups is 1.